The van der Waals surface area contributed by atoms with Crippen LogP contribution in [0.1, 0.15) is 24.3 Å². The predicted molar refractivity (Wildman–Crippen MR) is 112 cm³/mol. The number of carbonyl (C=O) groups excluding carboxylic acids is 1. The van der Waals surface area contributed by atoms with Crippen molar-refractivity contribution >= 4 is 27.3 Å². The van der Waals surface area contributed by atoms with E-state index in [1.54, 1.807) is 18.4 Å². The summed E-state index contributed by atoms with van der Waals surface area (Å²) in [6.07, 6.45) is 1.00. The van der Waals surface area contributed by atoms with Crippen molar-refractivity contribution in [2.24, 2.45) is 5.92 Å². The van der Waals surface area contributed by atoms with Crippen LogP contribution in [0.5, 0.6) is 0 Å². The second-order valence-electron chi connectivity index (χ2n) is 7.17. The Morgan fingerprint density at radius 1 is 1.27 bits per heavy atom. The maximum atomic E-state index is 13.0. The highest BCUT2D eigenvalue weighted by atomic mass is 32.2. The highest BCUT2D eigenvalue weighted by Gasteiger charge is 2.33. The number of carbonyl (C=O) groups is 1. The zero-order chi connectivity index (χ0) is 21.1. The fourth-order valence-electron chi connectivity index (χ4n) is 3.40. The Morgan fingerprint density at radius 2 is 2.00 bits per heavy atom. The Labute approximate surface area is 179 Å². The SMILES string of the molecule is Cc1nc(-c2csc(S(=O)(=O)N3CCC(C(=O)NCc4ccccc4)CC3)c2)no1. The first-order valence-corrected chi connectivity index (χ1v) is 12.0. The van der Waals surface area contributed by atoms with E-state index in [4.69, 9.17) is 4.52 Å². The van der Waals surface area contributed by atoms with Gasteiger partial charge in [0.2, 0.25) is 17.6 Å². The van der Waals surface area contributed by atoms with E-state index < -0.39 is 10.0 Å². The molecule has 30 heavy (non-hydrogen) atoms. The van der Waals surface area contributed by atoms with Crippen molar-refractivity contribution in [2.45, 2.75) is 30.5 Å². The summed E-state index contributed by atoms with van der Waals surface area (Å²) in [6, 6.07) is 11.3. The average Bonchev–Trinajstić information content (AvgIpc) is 3.42. The van der Waals surface area contributed by atoms with Gasteiger partial charge in [-0.25, -0.2) is 8.42 Å². The first-order chi connectivity index (χ1) is 14.4. The smallest absolute Gasteiger partial charge is 0.252 e. The van der Waals surface area contributed by atoms with Gasteiger partial charge in [-0.15, -0.1) is 11.3 Å². The van der Waals surface area contributed by atoms with Crippen molar-refractivity contribution in [3.63, 3.8) is 0 Å². The molecule has 158 valence electrons. The molecule has 1 fully saturated rings. The molecule has 0 spiro atoms. The van der Waals surface area contributed by atoms with Gasteiger partial charge in [0.1, 0.15) is 4.21 Å². The molecule has 1 amide bonds. The predicted octanol–water partition coefficient (Wildman–Crippen LogP) is 2.82. The topological polar surface area (TPSA) is 105 Å². The van der Waals surface area contributed by atoms with Gasteiger partial charge in [0.05, 0.1) is 0 Å². The molecule has 1 saturated heterocycles. The van der Waals surface area contributed by atoms with E-state index >= 15 is 0 Å². The maximum absolute atomic E-state index is 13.0. The first-order valence-electron chi connectivity index (χ1n) is 9.64. The number of aromatic nitrogens is 2. The molecular formula is C20H22N4O4S2. The van der Waals surface area contributed by atoms with E-state index in [0.717, 1.165) is 16.9 Å². The zero-order valence-electron chi connectivity index (χ0n) is 16.4. The van der Waals surface area contributed by atoms with Crippen molar-refractivity contribution in [1.82, 2.24) is 19.8 Å². The Morgan fingerprint density at radius 3 is 2.67 bits per heavy atom. The largest absolute Gasteiger partial charge is 0.352 e. The molecule has 0 saturated carbocycles. The van der Waals surface area contributed by atoms with Crippen LogP contribution in [0.15, 0.2) is 50.5 Å². The summed E-state index contributed by atoms with van der Waals surface area (Å²) in [5.41, 5.74) is 1.65. The van der Waals surface area contributed by atoms with Crippen molar-refractivity contribution in [2.75, 3.05) is 13.1 Å². The fraction of sp³-hybridized carbons (Fsp3) is 0.350. The molecule has 4 rings (SSSR count). The number of sulfonamides is 1. The van der Waals surface area contributed by atoms with E-state index in [0.29, 0.717) is 49.8 Å². The molecule has 1 aliphatic heterocycles. The lowest BCUT2D eigenvalue weighted by Crippen LogP contribution is -2.42. The van der Waals surface area contributed by atoms with Gasteiger partial charge >= 0.3 is 0 Å². The van der Waals surface area contributed by atoms with Crippen LogP contribution in [-0.2, 0) is 21.4 Å². The fourth-order valence-corrected chi connectivity index (χ4v) is 6.18. The van der Waals surface area contributed by atoms with Crippen LogP contribution in [0.4, 0.5) is 0 Å². The number of hydrogen-bond donors (Lipinski definition) is 1. The molecule has 1 N–H and O–H groups in total. The Kier molecular flexibility index (Phi) is 5.98. The first kappa shape index (κ1) is 20.7. The summed E-state index contributed by atoms with van der Waals surface area (Å²) in [5, 5.41) is 8.49. The van der Waals surface area contributed by atoms with Crippen LogP contribution >= 0.6 is 11.3 Å². The molecule has 0 radical (unpaired) electrons. The summed E-state index contributed by atoms with van der Waals surface area (Å²) < 4.78 is 32.6. The quantitative estimate of drug-likeness (QED) is 0.624. The van der Waals surface area contributed by atoms with Gasteiger partial charge in [0, 0.05) is 43.4 Å². The lowest BCUT2D eigenvalue weighted by Gasteiger charge is -2.30. The summed E-state index contributed by atoms with van der Waals surface area (Å²) in [5.74, 6) is 0.593. The third-order valence-electron chi connectivity index (χ3n) is 5.09. The van der Waals surface area contributed by atoms with Crippen LogP contribution in [0.3, 0.4) is 0 Å². The van der Waals surface area contributed by atoms with Crippen molar-refractivity contribution < 1.29 is 17.7 Å². The Balaban J connectivity index is 1.35. The lowest BCUT2D eigenvalue weighted by atomic mass is 9.97. The van der Waals surface area contributed by atoms with Crippen LogP contribution < -0.4 is 5.32 Å². The average molecular weight is 447 g/mol. The van der Waals surface area contributed by atoms with Crippen LogP contribution in [-0.4, -0.2) is 41.9 Å². The molecule has 10 heteroatoms. The zero-order valence-corrected chi connectivity index (χ0v) is 18.1. The number of hydrogen-bond acceptors (Lipinski definition) is 7. The van der Waals surface area contributed by atoms with E-state index in [1.165, 1.54) is 4.31 Å². The molecule has 0 unspecified atom stereocenters. The third kappa shape index (κ3) is 4.45. The second-order valence-corrected chi connectivity index (χ2v) is 10.2. The summed E-state index contributed by atoms with van der Waals surface area (Å²) in [4.78, 5) is 16.6. The van der Waals surface area contributed by atoms with E-state index in [9.17, 15) is 13.2 Å². The minimum absolute atomic E-state index is 0.0261. The molecule has 0 bridgehead atoms. The molecule has 0 aliphatic carbocycles. The number of thiophene rings is 1. The minimum Gasteiger partial charge on any atom is -0.352 e. The summed E-state index contributed by atoms with van der Waals surface area (Å²) in [7, 11) is -3.61. The Bertz CT molecular complexity index is 1120. The Hall–Kier alpha value is -2.56. The molecule has 3 heterocycles. The molecule has 0 atom stereocenters. The highest BCUT2D eigenvalue weighted by Crippen LogP contribution is 2.31. The number of amides is 1. The molecule has 2 aromatic heterocycles. The number of nitrogens with one attached hydrogen (secondary N) is 1. The summed E-state index contributed by atoms with van der Waals surface area (Å²) >= 11 is 1.14. The van der Waals surface area contributed by atoms with E-state index in [1.807, 2.05) is 30.3 Å². The van der Waals surface area contributed by atoms with Crippen LogP contribution in [0.2, 0.25) is 0 Å². The normalized spacial score (nSPS) is 15.9. The van der Waals surface area contributed by atoms with Gasteiger partial charge in [-0.2, -0.15) is 9.29 Å². The molecular weight excluding hydrogens is 424 g/mol. The number of piperidine rings is 1. The number of aryl methyl sites for hydroxylation is 1. The van der Waals surface area contributed by atoms with E-state index in [-0.39, 0.29) is 16.0 Å². The second kappa shape index (κ2) is 8.66. The molecule has 1 aliphatic rings. The van der Waals surface area contributed by atoms with Gasteiger partial charge in [-0.1, -0.05) is 35.5 Å². The summed E-state index contributed by atoms with van der Waals surface area (Å²) in [6.45, 7) is 2.80. The standard InChI is InChI=1S/C20H22N4O4S2/c1-14-22-19(23-28-14)17-11-18(29-13-17)30(26,27)24-9-7-16(8-10-24)20(25)21-12-15-5-3-2-4-6-15/h2-6,11,13,16H,7-10,12H2,1H3,(H,21,25). The van der Waals surface area contributed by atoms with E-state index in [2.05, 4.69) is 15.5 Å². The minimum atomic E-state index is -3.61. The maximum Gasteiger partial charge on any atom is 0.252 e. The lowest BCUT2D eigenvalue weighted by molar-refractivity contribution is -0.126. The molecule has 1 aromatic carbocycles. The van der Waals surface area contributed by atoms with Gasteiger partial charge in [0.25, 0.3) is 10.0 Å². The van der Waals surface area contributed by atoms with Gasteiger partial charge in [-0.05, 0) is 24.5 Å². The van der Waals surface area contributed by atoms with Crippen LogP contribution in [0, 0.1) is 12.8 Å². The van der Waals surface area contributed by atoms with Crippen molar-refractivity contribution in [3.8, 4) is 11.4 Å². The van der Waals surface area contributed by atoms with Gasteiger partial charge in [-0.3, -0.25) is 4.79 Å². The van der Waals surface area contributed by atoms with Gasteiger partial charge < -0.3 is 9.84 Å². The van der Waals surface area contributed by atoms with Crippen molar-refractivity contribution in [1.29, 1.82) is 0 Å². The number of rotatable bonds is 6. The number of benzene rings is 1. The monoisotopic (exact) mass is 446 g/mol. The highest BCUT2D eigenvalue weighted by molar-refractivity contribution is 7.91. The van der Waals surface area contributed by atoms with Crippen LogP contribution in [0.25, 0.3) is 11.4 Å². The molecule has 8 nitrogen and oxygen atoms in total. The molecule has 3 aromatic rings. The number of nitrogens with zero attached hydrogens (tertiary/aromatic N) is 3. The van der Waals surface area contributed by atoms with Crippen molar-refractivity contribution in [3.05, 3.63) is 53.2 Å². The van der Waals surface area contributed by atoms with Gasteiger partial charge in [0.15, 0.2) is 0 Å². The third-order valence-corrected chi connectivity index (χ3v) is 8.40.